The molecule has 5 nitrogen and oxygen atoms in total. The Morgan fingerprint density at radius 3 is 2.16 bits per heavy atom. The first-order valence-electron chi connectivity index (χ1n) is 6.16. The van der Waals surface area contributed by atoms with Crippen molar-refractivity contribution in [3.05, 3.63) is 29.8 Å². The minimum Gasteiger partial charge on any atom is -0.481 e. The zero-order valence-corrected chi connectivity index (χ0v) is 11.6. The third-order valence-electron chi connectivity index (χ3n) is 2.86. The first-order valence-corrected chi connectivity index (χ1v) is 6.16. The van der Waals surface area contributed by atoms with Crippen molar-refractivity contribution >= 4 is 17.6 Å². The van der Waals surface area contributed by atoms with Gasteiger partial charge in [-0.05, 0) is 30.7 Å². The Kier molecular flexibility index (Phi) is 5.36. The van der Waals surface area contributed by atoms with Gasteiger partial charge >= 0.3 is 5.97 Å². The van der Waals surface area contributed by atoms with Crippen molar-refractivity contribution in [2.75, 3.05) is 32.6 Å². The van der Waals surface area contributed by atoms with Crippen LogP contribution in [0.2, 0.25) is 0 Å². The van der Waals surface area contributed by atoms with Crippen LogP contribution in [-0.2, 0) is 4.79 Å². The number of carbonyl (C=O) groups excluding carboxylic acids is 1. The molecule has 0 heterocycles. The van der Waals surface area contributed by atoms with E-state index in [1.165, 1.54) is 0 Å². The fraction of sp³-hybridized carbons (Fsp3) is 0.429. The monoisotopic (exact) mass is 264 g/mol. The van der Waals surface area contributed by atoms with Gasteiger partial charge in [-0.25, -0.2) is 0 Å². The minimum atomic E-state index is -0.837. The Morgan fingerprint density at radius 1 is 1.11 bits per heavy atom. The molecule has 0 spiro atoms. The van der Waals surface area contributed by atoms with Crippen molar-refractivity contribution in [2.45, 2.75) is 12.8 Å². The molecule has 19 heavy (non-hydrogen) atoms. The molecule has 0 aromatic heterocycles. The zero-order chi connectivity index (χ0) is 14.4. The van der Waals surface area contributed by atoms with Crippen LogP contribution in [0.5, 0.6) is 0 Å². The summed E-state index contributed by atoms with van der Waals surface area (Å²) in [5.74, 6) is -0.924. The summed E-state index contributed by atoms with van der Waals surface area (Å²) in [5, 5.41) is 8.56. The number of rotatable bonds is 6. The van der Waals surface area contributed by atoms with Gasteiger partial charge in [0.1, 0.15) is 0 Å². The third kappa shape index (κ3) is 4.62. The summed E-state index contributed by atoms with van der Waals surface area (Å²) in [6.45, 7) is 0.445. The highest BCUT2D eigenvalue weighted by molar-refractivity contribution is 5.94. The molecule has 0 unspecified atom stereocenters. The molecule has 0 fully saturated rings. The smallest absolute Gasteiger partial charge is 0.303 e. The lowest BCUT2D eigenvalue weighted by Crippen LogP contribution is -2.28. The van der Waals surface area contributed by atoms with Crippen LogP contribution in [0.1, 0.15) is 23.2 Å². The van der Waals surface area contributed by atoms with Crippen LogP contribution in [0.15, 0.2) is 24.3 Å². The summed E-state index contributed by atoms with van der Waals surface area (Å²) in [7, 11) is 5.56. The molecule has 0 atom stereocenters. The lowest BCUT2D eigenvalue weighted by atomic mass is 10.1. The fourth-order valence-corrected chi connectivity index (χ4v) is 1.69. The van der Waals surface area contributed by atoms with Crippen molar-refractivity contribution in [3.8, 4) is 0 Å². The maximum Gasteiger partial charge on any atom is 0.303 e. The summed E-state index contributed by atoms with van der Waals surface area (Å²) in [5.41, 5.74) is 1.65. The molecule has 0 saturated carbocycles. The number of amides is 1. The molecule has 5 heteroatoms. The second kappa shape index (κ2) is 6.78. The van der Waals surface area contributed by atoms with E-state index >= 15 is 0 Å². The normalized spacial score (nSPS) is 10.1. The Labute approximate surface area is 113 Å². The van der Waals surface area contributed by atoms with Crippen LogP contribution in [0.25, 0.3) is 0 Å². The van der Waals surface area contributed by atoms with Crippen LogP contribution in [0, 0.1) is 0 Å². The van der Waals surface area contributed by atoms with Gasteiger partial charge in [-0.2, -0.15) is 0 Å². The SMILES string of the molecule is CN(CCCC(=O)O)C(=O)c1ccc(N(C)C)cc1. The summed E-state index contributed by atoms with van der Waals surface area (Å²) >= 11 is 0. The molecule has 0 saturated heterocycles. The second-order valence-electron chi connectivity index (χ2n) is 4.67. The fourth-order valence-electron chi connectivity index (χ4n) is 1.69. The topological polar surface area (TPSA) is 60.9 Å². The van der Waals surface area contributed by atoms with E-state index < -0.39 is 5.97 Å². The van der Waals surface area contributed by atoms with Gasteiger partial charge in [0, 0.05) is 45.4 Å². The molecule has 1 rings (SSSR count). The van der Waals surface area contributed by atoms with Crippen LogP contribution >= 0.6 is 0 Å². The molecule has 1 aromatic rings. The molecule has 1 N–H and O–H groups in total. The first-order chi connectivity index (χ1) is 8.91. The van der Waals surface area contributed by atoms with Gasteiger partial charge in [-0.1, -0.05) is 0 Å². The van der Waals surface area contributed by atoms with E-state index in [9.17, 15) is 9.59 Å². The minimum absolute atomic E-state index is 0.0805. The molecule has 1 amide bonds. The number of hydrogen-bond acceptors (Lipinski definition) is 3. The highest BCUT2D eigenvalue weighted by Gasteiger charge is 2.11. The van der Waals surface area contributed by atoms with Gasteiger partial charge in [-0.3, -0.25) is 9.59 Å². The van der Waals surface area contributed by atoms with Crippen LogP contribution < -0.4 is 4.90 Å². The number of carbonyl (C=O) groups is 2. The maximum atomic E-state index is 12.1. The van der Waals surface area contributed by atoms with E-state index in [1.807, 2.05) is 31.1 Å². The highest BCUT2D eigenvalue weighted by atomic mass is 16.4. The summed E-state index contributed by atoms with van der Waals surface area (Å²) in [6.07, 6.45) is 0.546. The molecular formula is C14H20N2O3. The van der Waals surface area contributed by atoms with E-state index in [0.717, 1.165) is 5.69 Å². The number of carboxylic acid groups (broad SMARTS) is 1. The Hall–Kier alpha value is -2.04. The Morgan fingerprint density at radius 2 is 1.68 bits per heavy atom. The number of hydrogen-bond donors (Lipinski definition) is 1. The van der Waals surface area contributed by atoms with E-state index in [-0.39, 0.29) is 12.3 Å². The largest absolute Gasteiger partial charge is 0.481 e. The molecule has 0 aliphatic heterocycles. The Balaban J connectivity index is 2.58. The number of benzene rings is 1. The number of nitrogens with zero attached hydrogens (tertiary/aromatic N) is 2. The van der Waals surface area contributed by atoms with Crippen LogP contribution in [0.3, 0.4) is 0 Å². The van der Waals surface area contributed by atoms with Crippen LogP contribution in [-0.4, -0.2) is 49.6 Å². The number of aliphatic carboxylic acids is 1. The predicted molar refractivity (Wildman–Crippen MR) is 74.6 cm³/mol. The molecule has 104 valence electrons. The second-order valence-corrected chi connectivity index (χ2v) is 4.67. The molecular weight excluding hydrogens is 244 g/mol. The summed E-state index contributed by atoms with van der Waals surface area (Å²) in [4.78, 5) is 26.0. The molecule has 0 aliphatic carbocycles. The molecule has 0 aliphatic rings. The quantitative estimate of drug-likeness (QED) is 0.849. The lowest BCUT2D eigenvalue weighted by molar-refractivity contribution is -0.137. The summed E-state index contributed by atoms with van der Waals surface area (Å²) < 4.78 is 0. The van der Waals surface area contributed by atoms with Gasteiger partial charge in [0.2, 0.25) is 0 Å². The van der Waals surface area contributed by atoms with Crippen LogP contribution in [0.4, 0.5) is 5.69 Å². The third-order valence-corrected chi connectivity index (χ3v) is 2.86. The van der Waals surface area contributed by atoms with Crippen molar-refractivity contribution in [3.63, 3.8) is 0 Å². The van der Waals surface area contributed by atoms with Crippen molar-refractivity contribution in [2.24, 2.45) is 0 Å². The molecule has 0 radical (unpaired) electrons. The van der Waals surface area contributed by atoms with E-state index in [4.69, 9.17) is 5.11 Å². The van der Waals surface area contributed by atoms with Gasteiger partial charge < -0.3 is 14.9 Å². The van der Waals surface area contributed by atoms with Crippen molar-refractivity contribution < 1.29 is 14.7 Å². The molecule has 1 aromatic carbocycles. The first kappa shape index (κ1) is 15.0. The van der Waals surface area contributed by atoms with Gasteiger partial charge in [0.15, 0.2) is 0 Å². The van der Waals surface area contributed by atoms with Gasteiger partial charge in [-0.15, -0.1) is 0 Å². The Bertz CT molecular complexity index is 441. The predicted octanol–water partition coefficient (Wildman–Crippen LogP) is 1.69. The molecule has 0 bridgehead atoms. The van der Waals surface area contributed by atoms with Crippen molar-refractivity contribution in [1.29, 1.82) is 0 Å². The number of anilines is 1. The standard InChI is InChI=1S/C14H20N2O3/c1-15(2)12-8-6-11(7-9-12)14(19)16(3)10-4-5-13(17)18/h6-9H,4-5,10H2,1-3H3,(H,17,18). The maximum absolute atomic E-state index is 12.1. The van der Waals surface area contributed by atoms with E-state index in [0.29, 0.717) is 18.5 Å². The number of carboxylic acids is 1. The zero-order valence-electron chi connectivity index (χ0n) is 11.6. The highest BCUT2D eigenvalue weighted by Crippen LogP contribution is 2.13. The summed E-state index contributed by atoms with van der Waals surface area (Å²) in [6, 6.07) is 7.34. The van der Waals surface area contributed by atoms with Gasteiger partial charge in [0.25, 0.3) is 5.91 Å². The average Bonchev–Trinajstić information content (AvgIpc) is 2.37. The van der Waals surface area contributed by atoms with Gasteiger partial charge in [0.05, 0.1) is 0 Å². The van der Waals surface area contributed by atoms with E-state index in [1.54, 1.807) is 24.1 Å². The average molecular weight is 264 g/mol. The van der Waals surface area contributed by atoms with E-state index in [2.05, 4.69) is 0 Å². The van der Waals surface area contributed by atoms with Crippen molar-refractivity contribution in [1.82, 2.24) is 4.90 Å². The lowest BCUT2D eigenvalue weighted by Gasteiger charge is -2.18.